The van der Waals surface area contributed by atoms with Gasteiger partial charge in [-0.2, -0.15) is 0 Å². The third-order valence-electron chi connectivity index (χ3n) is 3.70. The van der Waals surface area contributed by atoms with Crippen LogP contribution >= 0.6 is 0 Å². The van der Waals surface area contributed by atoms with Crippen LogP contribution in [0.25, 0.3) is 11.3 Å². The summed E-state index contributed by atoms with van der Waals surface area (Å²) in [5.74, 6) is 0. The van der Waals surface area contributed by atoms with Crippen LogP contribution in [0.1, 0.15) is 44.7 Å². The van der Waals surface area contributed by atoms with E-state index >= 15 is 0 Å². The zero-order valence-electron chi connectivity index (χ0n) is 14.3. The third kappa shape index (κ3) is 5.07. The van der Waals surface area contributed by atoms with Crippen LogP contribution in [0, 0.1) is 0 Å². The molecule has 0 saturated carbocycles. The van der Waals surface area contributed by atoms with E-state index in [1.807, 2.05) is 12.1 Å². The maximum Gasteiger partial charge on any atom is 0.0707 e. The number of rotatable bonds is 6. The van der Waals surface area contributed by atoms with Crippen molar-refractivity contribution in [3.63, 3.8) is 0 Å². The number of aliphatic imine (C=N–C) groups is 1. The highest BCUT2D eigenvalue weighted by molar-refractivity contribution is 5.91. The first-order chi connectivity index (χ1) is 11.2. The Balaban J connectivity index is 2.46. The van der Waals surface area contributed by atoms with E-state index in [9.17, 15) is 0 Å². The summed E-state index contributed by atoms with van der Waals surface area (Å²) in [5, 5.41) is 0. The molecule has 0 bridgehead atoms. The van der Waals surface area contributed by atoms with Crippen LogP contribution in [-0.4, -0.2) is 5.71 Å². The van der Waals surface area contributed by atoms with Crippen molar-refractivity contribution >= 4 is 17.0 Å². The minimum atomic E-state index is 1.02. The molecule has 23 heavy (non-hydrogen) atoms. The van der Waals surface area contributed by atoms with Crippen molar-refractivity contribution in [3.8, 4) is 0 Å². The van der Waals surface area contributed by atoms with Gasteiger partial charge in [-0.05, 0) is 37.5 Å². The van der Waals surface area contributed by atoms with E-state index in [4.69, 9.17) is 4.99 Å². The van der Waals surface area contributed by atoms with E-state index in [-0.39, 0.29) is 0 Å². The molecule has 2 rings (SSSR count). The van der Waals surface area contributed by atoms with Crippen LogP contribution < -0.4 is 0 Å². The lowest BCUT2D eigenvalue weighted by atomic mass is 10.0. The van der Waals surface area contributed by atoms with Crippen molar-refractivity contribution in [1.82, 2.24) is 0 Å². The van der Waals surface area contributed by atoms with Gasteiger partial charge in [0.1, 0.15) is 0 Å². The fourth-order valence-electron chi connectivity index (χ4n) is 2.52. The predicted molar refractivity (Wildman–Crippen MR) is 103 cm³/mol. The van der Waals surface area contributed by atoms with Crippen LogP contribution in [0.4, 0.5) is 0 Å². The van der Waals surface area contributed by atoms with Gasteiger partial charge in [0.2, 0.25) is 0 Å². The van der Waals surface area contributed by atoms with Crippen LogP contribution in [-0.2, 0) is 0 Å². The van der Waals surface area contributed by atoms with E-state index in [0.717, 1.165) is 24.1 Å². The van der Waals surface area contributed by atoms with E-state index in [1.165, 1.54) is 16.8 Å². The van der Waals surface area contributed by atoms with Crippen LogP contribution in [0.5, 0.6) is 0 Å². The Morgan fingerprint density at radius 1 is 0.913 bits per heavy atom. The van der Waals surface area contributed by atoms with E-state index in [1.54, 1.807) is 0 Å². The monoisotopic (exact) mass is 303 g/mol. The molecule has 0 N–H and O–H groups in total. The summed E-state index contributed by atoms with van der Waals surface area (Å²) in [5.41, 5.74) is 5.75. The lowest BCUT2D eigenvalue weighted by Crippen LogP contribution is -1.93. The molecule has 1 heteroatoms. The highest BCUT2D eigenvalue weighted by atomic mass is 14.8. The van der Waals surface area contributed by atoms with Gasteiger partial charge in [0.25, 0.3) is 0 Å². The smallest absolute Gasteiger partial charge is 0.0707 e. The largest absolute Gasteiger partial charge is 0.257 e. The van der Waals surface area contributed by atoms with Gasteiger partial charge in [0.15, 0.2) is 0 Å². The van der Waals surface area contributed by atoms with Crippen molar-refractivity contribution in [2.24, 2.45) is 4.99 Å². The highest BCUT2D eigenvalue weighted by Gasteiger charge is 2.04. The lowest BCUT2D eigenvalue weighted by molar-refractivity contribution is 0.988. The molecule has 0 radical (unpaired) electrons. The van der Waals surface area contributed by atoms with Gasteiger partial charge in [-0.25, -0.2) is 0 Å². The van der Waals surface area contributed by atoms with E-state index in [2.05, 4.69) is 81.5 Å². The number of nitrogens with zero attached hydrogens (tertiary/aromatic N) is 1. The SMILES string of the molecule is C/C=C(/C=C(\N=C(C)CCC)c1ccccc1)c1ccccc1. The minimum absolute atomic E-state index is 1.02. The minimum Gasteiger partial charge on any atom is -0.257 e. The molecular weight excluding hydrogens is 278 g/mol. The molecule has 0 fully saturated rings. The molecule has 0 aromatic heterocycles. The Morgan fingerprint density at radius 3 is 2.00 bits per heavy atom. The first kappa shape index (κ1) is 17.0. The molecule has 0 aliphatic rings. The predicted octanol–water partition coefficient (Wildman–Crippen LogP) is 6.39. The van der Waals surface area contributed by atoms with Gasteiger partial charge < -0.3 is 0 Å². The second-order valence-electron chi connectivity index (χ2n) is 5.60. The lowest BCUT2D eigenvalue weighted by Gasteiger charge is -2.08. The molecule has 118 valence electrons. The fourth-order valence-corrected chi connectivity index (χ4v) is 2.52. The topological polar surface area (TPSA) is 12.4 Å². The Morgan fingerprint density at radius 2 is 1.48 bits per heavy atom. The molecule has 0 aliphatic heterocycles. The van der Waals surface area contributed by atoms with Crippen molar-refractivity contribution in [1.29, 1.82) is 0 Å². The molecule has 1 nitrogen and oxygen atoms in total. The Hall–Kier alpha value is -2.41. The summed E-state index contributed by atoms with van der Waals surface area (Å²) < 4.78 is 0. The molecule has 0 unspecified atom stereocenters. The molecule has 0 amide bonds. The van der Waals surface area contributed by atoms with Crippen LogP contribution in [0.2, 0.25) is 0 Å². The van der Waals surface area contributed by atoms with Gasteiger partial charge in [-0.1, -0.05) is 80.1 Å². The molecule has 2 aromatic carbocycles. The van der Waals surface area contributed by atoms with E-state index < -0.39 is 0 Å². The number of hydrogen-bond acceptors (Lipinski definition) is 1. The Bertz CT molecular complexity index is 691. The zero-order valence-corrected chi connectivity index (χ0v) is 14.3. The molecule has 0 saturated heterocycles. The summed E-state index contributed by atoms with van der Waals surface area (Å²) in [7, 11) is 0. The van der Waals surface area contributed by atoms with Gasteiger partial charge >= 0.3 is 0 Å². The van der Waals surface area contributed by atoms with Crippen LogP contribution in [0.15, 0.2) is 77.8 Å². The summed E-state index contributed by atoms with van der Waals surface area (Å²) >= 11 is 0. The quantitative estimate of drug-likeness (QED) is 0.433. The Kier molecular flexibility index (Phi) is 6.56. The van der Waals surface area contributed by atoms with Gasteiger partial charge in [-0.3, -0.25) is 4.99 Å². The van der Waals surface area contributed by atoms with Crippen molar-refractivity contribution in [2.45, 2.75) is 33.6 Å². The Labute approximate surface area is 140 Å². The van der Waals surface area contributed by atoms with Crippen molar-refractivity contribution in [3.05, 3.63) is 83.9 Å². The second-order valence-corrected chi connectivity index (χ2v) is 5.60. The van der Waals surface area contributed by atoms with E-state index in [0.29, 0.717) is 0 Å². The molecule has 0 spiro atoms. The standard InChI is InChI=1S/C22H25N/c1-4-12-18(3)23-22(21-15-10-7-11-16-21)17-19(5-2)20-13-8-6-9-14-20/h5-11,13-17H,4,12H2,1-3H3/b19-5-,22-17-,23-18?. The van der Waals surface area contributed by atoms with Gasteiger partial charge in [0, 0.05) is 11.3 Å². The summed E-state index contributed by atoms with van der Waals surface area (Å²) in [4.78, 5) is 4.89. The second kappa shape index (κ2) is 8.89. The first-order valence-electron chi connectivity index (χ1n) is 8.27. The number of hydrogen-bond donors (Lipinski definition) is 0. The molecule has 0 heterocycles. The van der Waals surface area contributed by atoms with Gasteiger partial charge in [-0.15, -0.1) is 0 Å². The summed E-state index contributed by atoms with van der Waals surface area (Å²) in [6, 6.07) is 20.9. The maximum atomic E-state index is 4.89. The number of benzene rings is 2. The van der Waals surface area contributed by atoms with Crippen molar-refractivity contribution < 1.29 is 0 Å². The first-order valence-corrected chi connectivity index (χ1v) is 8.27. The van der Waals surface area contributed by atoms with Gasteiger partial charge in [0.05, 0.1) is 5.70 Å². The zero-order chi connectivity index (χ0) is 16.5. The number of allylic oxidation sites excluding steroid dienone is 3. The normalized spacial score (nSPS) is 13.3. The molecule has 2 aromatic rings. The molecule has 0 aliphatic carbocycles. The molecule has 0 atom stereocenters. The maximum absolute atomic E-state index is 4.89. The average molecular weight is 303 g/mol. The van der Waals surface area contributed by atoms with Crippen LogP contribution in [0.3, 0.4) is 0 Å². The summed E-state index contributed by atoms with van der Waals surface area (Å²) in [6.45, 7) is 6.37. The molecular formula is C22H25N. The summed E-state index contributed by atoms with van der Waals surface area (Å²) in [6.07, 6.45) is 6.47. The average Bonchev–Trinajstić information content (AvgIpc) is 2.60. The fraction of sp³-hybridized carbons (Fsp3) is 0.227. The van der Waals surface area contributed by atoms with Crippen molar-refractivity contribution in [2.75, 3.05) is 0 Å². The highest BCUT2D eigenvalue weighted by Crippen LogP contribution is 2.24. The third-order valence-corrected chi connectivity index (χ3v) is 3.70.